The van der Waals surface area contributed by atoms with Crippen molar-refractivity contribution in [1.29, 1.82) is 0 Å². The zero-order chi connectivity index (χ0) is 20.1. The van der Waals surface area contributed by atoms with Crippen LogP contribution in [0.15, 0.2) is 53.7 Å². The highest BCUT2D eigenvalue weighted by atomic mass is 32.2. The summed E-state index contributed by atoms with van der Waals surface area (Å²) in [5.74, 6) is 1.78. The monoisotopic (exact) mass is 396 g/mol. The average molecular weight is 397 g/mol. The Balaban J connectivity index is 1.64. The van der Waals surface area contributed by atoms with E-state index in [9.17, 15) is 4.79 Å². The molecule has 0 aliphatic heterocycles. The summed E-state index contributed by atoms with van der Waals surface area (Å²) in [5.41, 5.74) is 3.21. The maximum absolute atomic E-state index is 12.4. The van der Waals surface area contributed by atoms with Gasteiger partial charge in [0.25, 0.3) is 0 Å². The van der Waals surface area contributed by atoms with Crippen LogP contribution < -0.4 is 10.1 Å². The molecule has 1 aromatic heterocycles. The molecule has 6 nitrogen and oxygen atoms in total. The van der Waals surface area contributed by atoms with Crippen LogP contribution in [0.2, 0.25) is 0 Å². The number of aryl methyl sites for hydroxylation is 2. The van der Waals surface area contributed by atoms with Gasteiger partial charge in [-0.3, -0.25) is 9.36 Å². The fraction of sp³-hybridized carbons (Fsp3) is 0.286. The van der Waals surface area contributed by atoms with Crippen LogP contribution in [-0.2, 0) is 4.79 Å². The first-order valence-corrected chi connectivity index (χ1v) is 10.0. The minimum absolute atomic E-state index is 0.0417. The van der Waals surface area contributed by atoms with Crippen molar-refractivity contribution >= 4 is 17.7 Å². The number of nitrogens with zero attached hydrogens (tertiary/aromatic N) is 3. The van der Waals surface area contributed by atoms with Crippen LogP contribution in [0.1, 0.15) is 29.9 Å². The van der Waals surface area contributed by atoms with E-state index in [1.54, 1.807) is 7.11 Å². The topological polar surface area (TPSA) is 69.0 Å². The van der Waals surface area contributed by atoms with Gasteiger partial charge in [0.1, 0.15) is 11.6 Å². The van der Waals surface area contributed by atoms with Gasteiger partial charge in [-0.2, -0.15) is 0 Å². The van der Waals surface area contributed by atoms with Gasteiger partial charge in [0, 0.05) is 5.69 Å². The van der Waals surface area contributed by atoms with Crippen LogP contribution in [0.3, 0.4) is 0 Å². The van der Waals surface area contributed by atoms with E-state index in [0.717, 1.165) is 22.8 Å². The second-order valence-electron chi connectivity index (χ2n) is 6.55. The largest absolute Gasteiger partial charge is 0.497 e. The molecule has 2 aromatic carbocycles. The Hall–Kier alpha value is -2.80. The molecule has 0 spiro atoms. The van der Waals surface area contributed by atoms with Gasteiger partial charge in [0.15, 0.2) is 5.16 Å². The zero-order valence-electron chi connectivity index (χ0n) is 16.5. The minimum atomic E-state index is -0.0464. The Labute approximate surface area is 169 Å². The van der Waals surface area contributed by atoms with E-state index >= 15 is 0 Å². The van der Waals surface area contributed by atoms with Crippen molar-refractivity contribution in [2.24, 2.45) is 0 Å². The van der Waals surface area contributed by atoms with E-state index in [4.69, 9.17) is 4.74 Å². The third kappa shape index (κ3) is 4.72. The van der Waals surface area contributed by atoms with Crippen molar-refractivity contribution in [3.8, 4) is 11.4 Å². The Kier molecular flexibility index (Phi) is 6.36. The molecule has 3 rings (SSSR count). The smallest absolute Gasteiger partial charge is 0.230 e. The van der Waals surface area contributed by atoms with Gasteiger partial charge in [-0.1, -0.05) is 41.6 Å². The minimum Gasteiger partial charge on any atom is -0.497 e. The summed E-state index contributed by atoms with van der Waals surface area (Å²) in [4.78, 5) is 12.4. The molecule has 1 amide bonds. The summed E-state index contributed by atoms with van der Waals surface area (Å²) in [7, 11) is 1.64. The van der Waals surface area contributed by atoms with Crippen LogP contribution in [0.25, 0.3) is 5.69 Å². The molecule has 0 fully saturated rings. The van der Waals surface area contributed by atoms with Gasteiger partial charge in [-0.05, 0) is 50.6 Å². The first-order valence-electron chi connectivity index (χ1n) is 9.03. The molecule has 0 aliphatic carbocycles. The number of hydrogen-bond acceptors (Lipinski definition) is 5. The predicted octanol–water partition coefficient (Wildman–Crippen LogP) is 3.86. The molecular weight excluding hydrogens is 372 g/mol. The lowest BCUT2D eigenvalue weighted by molar-refractivity contribution is -0.119. The van der Waals surface area contributed by atoms with E-state index in [-0.39, 0.29) is 17.7 Å². The number of hydrogen-bond donors (Lipinski definition) is 1. The molecule has 0 saturated heterocycles. The van der Waals surface area contributed by atoms with E-state index in [2.05, 4.69) is 15.5 Å². The summed E-state index contributed by atoms with van der Waals surface area (Å²) in [5, 5.41) is 12.1. The molecular formula is C21H24N4O2S. The normalized spacial score (nSPS) is 11.9. The Bertz CT molecular complexity index is 936. The van der Waals surface area contributed by atoms with E-state index < -0.39 is 0 Å². The molecule has 146 valence electrons. The standard InChI is InChI=1S/C21H24N4O2S/c1-14-5-7-17(8-6-14)15(2)22-20(26)13-28-21-24-23-16(3)25(21)18-9-11-19(27-4)12-10-18/h5-12,15H,13H2,1-4H3,(H,22,26). The van der Waals surface area contributed by atoms with Crippen LogP contribution in [0, 0.1) is 13.8 Å². The highest BCUT2D eigenvalue weighted by Gasteiger charge is 2.15. The molecule has 28 heavy (non-hydrogen) atoms. The third-order valence-electron chi connectivity index (χ3n) is 4.41. The lowest BCUT2D eigenvalue weighted by Gasteiger charge is -2.14. The Morgan fingerprint density at radius 2 is 1.79 bits per heavy atom. The quantitative estimate of drug-likeness (QED) is 0.614. The number of carbonyl (C=O) groups is 1. The molecule has 1 heterocycles. The van der Waals surface area contributed by atoms with Gasteiger partial charge >= 0.3 is 0 Å². The Morgan fingerprint density at radius 1 is 1.11 bits per heavy atom. The highest BCUT2D eigenvalue weighted by Crippen LogP contribution is 2.23. The summed E-state index contributed by atoms with van der Waals surface area (Å²) < 4.78 is 7.14. The summed E-state index contributed by atoms with van der Waals surface area (Å²) >= 11 is 1.37. The molecule has 3 aromatic rings. The molecule has 1 unspecified atom stereocenters. The fourth-order valence-electron chi connectivity index (χ4n) is 2.82. The predicted molar refractivity (Wildman–Crippen MR) is 111 cm³/mol. The maximum Gasteiger partial charge on any atom is 0.230 e. The van der Waals surface area contributed by atoms with Crippen molar-refractivity contribution in [1.82, 2.24) is 20.1 Å². The molecule has 1 atom stereocenters. The summed E-state index contributed by atoms with van der Waals surface area (Å²) in [6, 6.07) is 15.8. The zero-order valence-corrected chi connectivity index (χ0v) is 17.3. The highest BCUT2D eigenvalue weighted by molar-refractivity contribution is 7.99. The van der Waals surface area contributed by atoms with Crippen LogP contribution in [-0.4, -0.2) is 33.5 Å². The van der Waals surface area contributed by atoms with E-state index in [1.807, 2.05) is 73.9 Å². The van der Waals surface area contributed by atoms with Crippen molar-refractivity contribution in [2.75, 3.05) is 12.9 Å². The SMILES string of the molecule is COc1ccc(-n2c(C)nnc2SCC(=O)NC(C)c2ccc(C)cc2)cc1. The van der Waals surface area contributed by atoms with Crippen molar-refractivity contribution in [3.05, 3.63) is 65.5 Å². The molecule has 1 N–H and O–H groups in total. The second-order valence-corrected chi connectivity index (χ2v) is 7.49. The molecule has 0 bridgehead atoms. The van der Waals surface area contributed by atoms with E-state index in [1.165, 1.54) is 17.3 Å². The third-order valence-corrected chi connectivity index (χ3v) is 5.34. The molecule has 0 saturated carbocycles. The number of methoxy groups -OCH3 is 1. The number of carbonyl (C=O) groups excluding carboxylic acids is 1. The summed E-state index contributed by atoms with van der Waals surface area (Å²) in [6.07, 6.45) is 0. The fourth-order valence-corrected chi connectivity index (χ4v) is 3.63. The van der Waals surface area contributed by atoms with Crippen molar-refractivity contribution < 1.29 is 9.53 Å². The van der Waals surface area contributed by atoms with Crippen LogP contribution in [0.5, 0.6) is 5.75 Å². The number of ether oxygens (including phenoxy) is 1. The molecule has 7 heteroatoms. The number of rotatable bonds is 7. The van der Waals surface area contributed by atoms with Crippen molar-refractivity contribution in [3.63, 3.8) is 0 Å². The van der Waals surface area contributed by atoms with Gasteiger partial charge in [-0.15, -0.1) is 10.2 Å². The maximum atomic E-state index is 12.4. The lowest BCUT2D eigenvalue weighted by atomic mass is 10.1. The number of nitrogens with one attached hydrogen (secondary N) is 1. The Morgan fingerprint density at radius 3 is 2.43 bits per heavy atom. The second kappa shape index (κ2) is 8.93. The van der Waals surface area contributed by atoms with Crippen LogP contribution in [0.4, 0.5) is 0 Å². The van der Waals surface area contributed by atoms with Gasteiger partial charge in [0.05, 0.1) is 18.9 Å². The summed E-state index contributed by atoms with van der Waals surface area (Å²) in [6.45, 7) is 5.92. The van der Waals surface area contributed by atoms with E-state index in [0.29, 0.717) is 5.16 Å². The lowest BCUT2D eigenvalue weighted by Crippen LogP contribution is -2.28. The first kappa shape index (κ1) is 19.9. The van der Waals surface area contributed by atoms with Gasteiger partial charge in [0.2, 0.25) is 5.91 Å². The average Bonchev–Trinajstić information content (AvgIpc) is 3.07. The molecule has 0 radical (unpaired) electrons. The first-order chi connectivity index (χ1) is 13.5. The van der Waals surface area contributed by atoms with Crippen molar-refractivity contribution in [2.45, 2.75) is 32.0 Å². The number of benzene rings is 2. The van der Waals surface area contributed by atoms with Crippen LogP contribution >= 0.6 is 11.8 Å². The van der Waals surface area contributed by atoms with Gasteiger partial charge < -0.3 is 10.1 Å². The van der Waals surface area contributed by atoms with Gasteiger partial charge in [-0.25, -0.2) is 0 Å². The number of aromatic nitrogens is 3. The molecule has 0 aliphatic rings. The number of amides is 1. The number of thioether (sulfide) groups is 1.